The van der Waals surface area contributed by atoms with E-state index in [1.807, 2.05) is 25.1 Å². The van der Waals surface area contributed by atoms with E-state index in [4.69, 9.17) is 0 Å². The van der Waals surface area contributed by atoms with Crippen molar-refractivity contribution in [3.05, 3.63) is 28.2 Å². The van der Waals surface area contributed by atoms with E-state index in [1.165, 1.54) is 5.56 Å². The minimum absolute atomic E-state index is 0.126. The molecule has 1 unspecified atom stereocenters. The molecule has 1 amide bonds. The van der Waals surface area contributed by atoms with E-state index in [0.717, 1.165) is 29.4 Å². The van der Waals surface area contributed by atoms with Crippen molar-refractivity contribution >= 4 is 27.5 Å². The number of carbonyl (C=O) groups excluding carboxylic acids is 1. The number of halogens is 1. The van der Waals surface area contributed by atoms with Gasteiger partial charge in [-0.1, -0.05) is 26.3 Å². The summed E-state index contributed by atoms with van der Waals surface area (Å²) in [5.41, 5.74) is 2.18. The van der Waals surface area contributed by atoms with Gasteiger partial charge in [-0.05, 0) is 58.8 Å². The van der Waals surface area contributed by atoms with Gasteiger partial charge in [0.15, 0.2) is 0 Å². The number of anilines is 1. The molecule has 1 atom stereocenters. The fraction of sp³-hybridized carbons (Fsp3) is 0.533. The lowest BCUT2D eigenvalue weighted by molar-refractivity contribution is -0.122. The second-order valence-corrected chi connectivity index (χ2v) is 6.76. The lowest BCUT2D eigenvalue weighted by Gasteiger charge is -2.26. The fourth-order valence-corrected chi connectivity index (χ4v) is 3.35. The summed E-state index contributed by atoms with van der Waals surface area (Å²) in [6.07, 6.45) is 3.29. The van der Waals surface area contributed by atoms with Gasteiger partial charge in [0, 0.05) is 10.4 Å². The van der Waals surface area contributed by atoms with E-state index in [2.05, 4.69) is 35.1 Å². The van der Waals surface area contributed by atoms with Crippen LogP contribution >= 0.6 is 15.9 Å². The van der Waals surface area contributed by atoms with Gasteiger partial charge >= 0.3 is 0 Å². The smallest absolute Gasteiger partial charge is 0.228 e. The molecule has 1 aromatic rings. The van der Waals surface area contributed by atoms with Gasteiger partial charge in [-0.2, -0.15) is 0 Å². The molecule has 0 heterocycles. The lowest BCUT2D eigenvalue weighted by Crippen LogP contribution is -2.30. The Morgan fingerprint density at radius 2 is 2.17 bits per heavy atom. The standard InChI is InChI=1S/C15H20BrNO/c1-10-6-7-13(12(16)9-10)17-14(18)11-5-4-8-15(11,2)3/h6-7,9,11H,4-5,8H2,1-3H3,(H,17,18). The maximum absolute atomic E-state index is 12.3. The highest BCUT2D eigenvalue weighted by Crippen LogP contribution is 2.43. The van der Waals surface area contributed by atoms with Gasteiger partial charge in [0.25, 0.3) is 0 Å². The molecule has 0 aliphatic heterocycles. The van der Waals surface area contributed by atoms with Crippen molar-refractivity contribution in [3.8, 4) is 0 Å². The normalized spacial score (nSPS) is 21.9. The van der Waals surface area contributed by atoms with Crippen molar-refractivity contribution in [1.29, 1.82) is 0 Å². The van der Waals surface area contributed by atoms with Crippen LogP contribution in [0.15, 0.2) is 22.7 Å². The zero-order valence-corrected chi connectivity index (χ0v) is 12.8. The van der Waals surface area contributed by atoms with Crippen molar-refractivity contribution in [2.24, 2.45) is 11.3 Å². The number of amides is 1. The molecule has 2 nitrogen and oxygen atoms in total. The predicted molar refractivity (Wildman–Crippen MR) is 78.6 cm³/mol. The molecule has 1 saturated carbocycles. The Kier molecular flexibility index (Phi) is 3.81. The number of carbonyl (C=O) groups is 1. The number of aryl methyl sites for hydroxylation is 1. The van der Waals surface area contributed by atoms with Crippen molar-refractivity contribution in [1.82, 2.24) is 0 Å². The third-order valence-electron chi connectivity index (χ3n) is 3.96. The summed E-state index contributed by atoms with van der Waals surface area (Å²) in [7, 11) is 0. The molecule has 98 valence electrons. The van der Waals surface area contributed by atoms with Crippen LogP contribution in [0.2, 0.25) is 0 Å². The van der Waals surface area contributed by atoms with Crippen LogP contribution in [0, 0.1) is 18.3 Å². The lowest BCUT2D eigenvalue weighted by atomic mass is 9.81. The van der Waals surface area contributed by atoms with Gasteiger partial charge in [0.05, 0.1) is 5.69 Å². The van der Waals surface area contributed by atoms with Gasteiger partial charge in [0.2, 0.25) is 5.91 Å². The Morgan fingerprint density at radius 3 is 2.72 bits per heavy atom. The number of hydrogen-bond donors (Lipinski definition) is 1. The molecule has 0 radical (unpaired) electrons. The van der Waals surface area contributed by atoms with Crippen LogP contribution in [0.3, 0.4) is 0 Å². The Balaban J connectivity index is 2.12. The minimum Gasteiger partial charge on any atom is -0.325 e. The Bertz CT molecular complexity index is 468. The van der Waals surface area contributed by atoms with Gasteiger partial charge in [-0.15, -0.1) is 0 Å². The minimum atomic E-state index is 0.126. The van der Waals surface area contributed by atoms with Gasteiger partial charge in [-0.25, -0.2) is 0 Å². The summed E-state index contributed by atoms with van der Waals surface area (Å²) >= 11 is 3.50. The molecule has 1 N–H and O–H groups in total. The molecule has 3 heteroatoms. The highest BCUT2D eigenvalue weighted by Gasteiger charge is 2.39. The van der Waals surface area contributed by atoms with Crippen LogP contribution < -0.4 is 5.32 Å². The predicted octanol–water partition coefficient (Wildman–Crippen LogP) is 4.52. The molecule has 0 spiro atoms. The van der Waals surface area contributed by atoms with Crippen molar-refractivity contribution in [2.75, 3.05) is 5.32 Å². The highest BCUT2D eigenvalue weighted by molar-refractivity contribution is 9.10. The van der Waals surface area contributed by atoms with Crippen LogP contribution in [0.1, 0.15) is 38.7 Å². The van der Waals surface area contributed by atoms with E-state index in [0.29, 0.717) is 0 Å². The van der Waals surface area contributed by atoms with E-state index >= 15 is 0 Å². The van der Waals surface area contributed by atoms with E-state index in [9.17, 15) is 4.79 Å². The Labute approximate surface area is 117 Å². The Hall–Kier alpha value is -0.830. The third-order valence-corrected chi connectivity index (χ3v) is 4.61. The molecule has 1 aromatic carbocycles. The van der Waals surface area contributed by atoms with E-state index in [1.54, 1.807) is 0 Å². The molecule has 1 aliphatic rings. The molecule has 18 heavy (non-hydrogen) atoms. The first-order valence-electron chi connectivity index (χ1n) is 6.47. The third kappa shape index (κ3) is 2.77. The zero-order valence-electron chi connectivity index (χ0n) is 11.2. The summed E-state index contributed by atoms with van der Waals surface area (Å²) in [6.45, 7) is 6.42. The first-order valence-corrected chi connectivity index (χ1v) is 7.26. The topological polar surface area (TPSA) is 29.1 Å². The molecule has 1 fully saturated rings. The molecular weight excluding hydrogens is 290 g/mol. The second-order valence-electron chi connectivity index (χ2n) is 5.91. The van der Waals surface area contributed by atoms with Crippen molar-refractivity contribution in [3.63, 3.8) is 0 Å². The van der Waals surface area contributed by atoms with Crippen LogP contribution in [0.25, 0.3) is 0 Å². The van der Waals surface area contributed by atoms with Crippen molar-refractivity contribution in [2.45, 2.75) is 40.0 Å². The molecule has 0 bridgehead atoms. The van der Waals surface area contributed by atoms with Crippen LogP contribution in [-0.4, -0.2) is 5.91 Å². The summed E-state index contributed by atoms with van der Waals surface area (Å²) in [5.74, 6) is 0.285. The quantitative estimate of drug-likeness (QED) is 0.855. The van der Waals surface area contributed by atoms with Gasteiger partial charge in [-0.3, -0.25) is 4.79 Å². The molecule has 0 aromatic heterocycles. The second kappa shape index (κ2) is 5.04. The van der Waals surface area contributed by atoms with Gasteiger partial charge in [0.1, 0.15) is 0 Å². The van der Waals surface area contributed by atoms with E-state index in [-0.39, 0.29) is 17.2 Å². The summed E-state index contributed by atoms with van der Waals surface area (Å²) < 4.78 is 0.951. The molecule has 2 rings (SSSR count). The van der Waals surface area contributed by atoms with Crippen molar-refractivity contribution < 1.29 is 4.79 Å². The average Bonchev–Trinajstić information content (AvgIpc) is 2.62. The number of nitrogens with one attached hydrogen (secondary N) is 1. The van der Waals surface area contributed by atoms with E-state index < -0.39 is 0 Å². The fourth-order valence-electron chi connectivity index (χ4n) is 2.75. The summed E-state index contributed by atoms with van der Waals surface area (Å²) in [6, 6.07) is 5.99. The summed E-state index contributed by atoms with van der Waals surface area (Å²) in [4.78, 5) is 12.3. The molecular formula is C15H20BrNO. The first kappa shape index (κ1) is 13.6. The average molecular weight is 310 g/mol. The number of rotatable bonds is 2. The number of benzene rings is 1. The zero-order chi connectivity index (χ0) is 13.3. The first-order chi connectivity index (χ1) is 8.40. The van der Waals surface area contributed by atoms with Crippen LogP contribution in [0.5, 0.6) is 0 Å². The summed E-state index contributed by atoms with van der Waals surface area (Å²) in [5, 5.41) is 3.05. The SMILES string of the molecule is Cc1ccc(NC(=O)C2CCCC2(C)C)c(Br)c1. The van der Waals surface area contributed by atoms with Crippen LogP contribution in [-0.2, 0) is 4.79 Å². The van der Waals surface area contributed by atoms with Gasteiger partial charge < -0.3 is 5.32 Å². The highest BCUT2D eigenvalue weighted by atomic mass is 79.9. The maximum Gasteiger partial charge on any atom is 0.228 e. The molecule has 1 aliphatic carbocycles. The maximum atomic E-state index is 12.3. The largest absolute Gasteiger partial charge is 0.325 e. The monoisotopic (exact) mass is 309 g/mol. The molecule has 0 saturated heterocycles. The van der Waals surface area contributed by atoms with Crippen LogP contribution in [0.4, 0.5) is 5.69 Å². The number of hydrogen-bond acceptors (Lipinski definition) is 1. The Morgan fingerprint density at radius 1 is 1.44 bits per heavy atom.